The van der Waals surface area contributed by atoms with Gasteiger partial charge in [0.15, 0.2) is 0 Å². The molecule has 3 atom stereocenters. The fourth-order valence-corrected chi connectivity index (χ4v) is 3.96. The van der Waals surface area contributed by atoms with Gasteiger partial charge < -0.3 is 20.5 Å². The lowest BCUT2D eigenvalue weighted by Gasteiger charge is -2.27. The molecule has 0 aliphatic rings. The number of benzene rings is 2. The Balaban J connectivity index is 1.62. The second-order valence-corrected chi connectivity index (χ2v) is 8.43. The Hall–Kier alpha value is -2.74. The minimum Gasteiger partial charge on any atom is -0.444 e. The first-order valence-electron chi connectivity index (χ1n) is 10.4. The average Bonchev–Trinajstić information content (AvgIpc) is 3.32. The number of aliphatic hydroxyl groups is 1. The Morgan fingerprint density at radius 3 is 2.29 bits per heavy atom. The van der Waals surface area contributed by atoms with Crippen molar-refractivity contribution >= 4 is 17.4 Å². The molecule has 1 amide bonds. The van der Waals surface area contributed by atoms with E-state index in [2.05, 4.69) is 27.8 Å². The van der Waals surface area contributed by atoms with Gasteiger partial charge in [-0.05, 0) is 37.4 Å². The van der Waals surface area contributed by atoms with E-state index in [1.807, 2.05) is 55.6 Å². The van der Waals surface area contributed by atoms with Crippen molar-refractivity contribution in [2.45, 2.75) is 44.1 Å². The molecule has 0 bridgehead atoms. The number of hydrogen-bond acceptors (Lipinski definition) is 6. The topological polar surface area (TPSA) is 83.5 Å². The molecule has 1 heterocycles. The van der Waals surface area contributed by atoms with Crippen LogP contribution in [0.4, 0.5) is 4.79 Å². The van der Waals surface area contributed by atoms with Gasteiger partial charge in [-0.15, -0.1) is 11.3 Å². The van der Waals surface area contributed by atoms with Crippen molar-refractivity contribution in [3.63, 3.8) is 0 Å². The van der Waals surface area contributed by atoms with Crippen molar-refractivity contribution in [2.75, 3.05) is 7.05 Å². The van der Waals surface area contributed by atoms with Crippen molar-refractivity contribution in [1.29, 1.82) is 0 Å². The second kappa shape index (κ2) is 12.2. The molecule has 0 saturated carbocycles. The number of carbonyl (C=O) groups is 1. The van der Waals surface area contributed by atoms with Gasteiger partial charge in [-0.1, -0.05) is 60.7 Å². The number of aliphatic hydroxyl groups excluding tert-OH is 1. The van der Waals surface area contributed by atoms with Crippen LogP contribution < -0.4 is 10.6 Å². The molecule has 0 spiro atoms. The molecule has 7 heteroatoms. The number of nitrogens with zero attached hydrogens (tertiary/aromatic N) is 1. The number of aromatic nitrogens is 1. The van der Waals surface area contributed by atoms with Gasteiger partial charge in [0.2, 0.25) is 0 Å². The number of rotatable bonds is 11. The summed E-state index contributed by atoms with van der Waals surface area (Å²) >= 11 is 1.43. The fraction of sp³-hybridized carbons (Fsp3) is 0.333. The minimum absolute atomic E-state index is 0.0747. The zero-order valence-electron chi connectivity index (χ0n) is 17.6. The van der Waals surface area contributed by atoms with E-state index in [1.165, 1.54) is 16.9 Å². The predicted octanol–water partition coefficient (Wildman–Crippen LogP) is 3.56. The Morgan fingerprint density at radius 1 is 1.06 bits per heavy atom. The number of ether oxygens (including phenoxy) is 1. The lowest BCUT2D eigenvalue weighted by atomic mass is 9.94. The van der Waals surface area contributed by atoms with Crippen LogP contribution >= 0.6 is 11.3 Å². The van der Waals surface area contributed by atoms with E-state index in [0.29, 0.717) is 12.8 Å². The second-order valence-electron chi connectivity index (χ2n) is 7.46. The number of amides is 1. The molecule has 0 unspecified atom stereocenters. The predicted molar refractivity (Wildman–Crippen MR) is 123 cm³/mol. The first-order chi connectivity index (χ1) is 15.1. The first-order valence-corrected chi connectivity index (χ1v) is 11.3. The van der Waals surface area contributed by atoms with Crippen LogP contribution in [0.15, 0.2) is 72.4 Å². The molecule has 0 fully saturated rings. The van der Waals surface area contributed by atoms with Crippen LogP contribution in [0.5, 0.6) is 0 Å². The standard InChI is InChI=1S/C24H29N3O3S/c1-25-20(12-18-8-4-2-5-9-18)14-23(28)22(13-19-10-6-3-7-11-19)27-24(29)30-16-21-15-26-17-31-21/h2-11,15,17,20,22-23,25,28H,12-14,16H2,1H3,(H,27,29)/t20-,22-,23-/m0/s1. The summed E-state index contributed by atoms with van der Waals surface area (Å²) in [4.78, 5) is 17.3. The summed E-state index contributed by atoms with van der Waals surface area (Å²) in [5, 5.41) is 17.2. The van der Waals surface area contributed by atoms with E-state index in [-0.39, 0.29) is 12.6 Å². The lowest BCUT2D eigenvalue weighted by molar-refractivity contribution is 0.0902. The SMILES string of the molecule is CN[C@@H](Cc1ccccc1)C[C@H](O)[C@H](Cc1ccccc1)NC(=O)OCc1cncs1. The monoisotopic (exact) mass is 439 g/mol. The third-order valence-corrected chi connectivity index (χ3v) is 5.91. The maximum Gasteiger partial charge on any atom is 0.407 e. The van der Waals surface area contributed by atoms with Crippen LogP contribution in [0, 0.1) is 0 Å². The molecule has 0 radical (unpaired) electrons. The summed E-state index contributed by atoms with van der Waals surface area (Å²) in [6.45, 7) is 0.164. The molecule has 6 nitrogen and oxygen atoms in total. The number of likely N-dealkylation sites (N-methyl/N-ethyl adjacent to an activating group) is 1. The smallest absolute Gasteiger partial charge is 0.407 e. The fourth-order valence-electron chi connectivity index (χ4n) is 3.45. The molecule has 3 aromatic rings. The summed E-state index contributed by atoms with van der Waals surface area (Å²) in [5.41, 5.74) is 3.94. The van der Waals surface area contributed by atoms with Gasteiger partial charge in [0.05, 0.1) is 22.5 Å². The van der Waals surface area contributed by atoms with Gasteiger partial charge in [-0.2, -0.15) is 0 Å². The first kappa shape index (κ1) is 22.9. The van der Waals surface area contributed by atoms with Crippen molar-refractivity contribution in [3.05, 3.63) is 88.4 Å². The third kappa shape index (κ3) is 7.79. The van der Waals surface area contributed by atoms with Crippen LogP contribution in [0.1, 0.15) is 22.4 Å². The Labute approximate surface area is 187 Å². The normalized spacial score (nSPS) is 13.9. The van der Waals surface area contributed by atoms with E-state index in [4.69, 9.17) is 4.74 Å². The summed E-state index contributed by atoms with van der Waals surface area (Å²) in [6.07, 6.45) is 2.20. The molecule has 3 rings (SSSR count). The van der Waals surface area contributed by atoms with E-state index >= 15 is 0 Å². The van der Waals surface area contributed by atoms with Gasteiger partial charge in [-0.25, -0.2) is 4.79 Å². The maximum atomic E-state index is 12.4. The van der Waals surface area contributed by atoms with E-state index in [0.717, 1.165) is 16.9 Å². The largest absolute Gasteiger partial charge is 0.444 e. The number of alkyl carbamates (subject to hydrolysis) is 1. The number of hydrogen-bond donors (Lipinski definition) is 3. The molecule has 0 saturated heterocycles. The molecular formula is C24H29N3O3S. The van der Waals surface area contributed by atoms with Gasteiger partial charge in [0.25, 0.3) is 0 Å². The lowest BCUT2D eigenvalue weighted by Crippen LogP contribution is -2.47. The minimum atomic E-state index is -0.739. The zero-order chi connectivity index (χ0) is 21.9. The third-order valence-electron chi connectivity index (χ3n) is 5.15. The van der Waals surface area contributed by atoms with Gasteiger partial charge in [0.1, 0.15) is 6.61 Å². The number of thiazole rings is 1. The summed E-state index contributed by atoms with van der Waals surface area (Å²) < 4.78 is 5.33. The van der Waals surface area contributed by atoms with Crippen LogP contribution in [-0.2, 0) is 24.2 Å². The number of carbonyl (C=O) groups excluding carboxylic acids is 1. The quantitative estimate of drug-likeness (QED) is 0.425. The molecule has 2 aromatic carbocycles. The number of nitrogens with one attached hydrogen (secondary N) is 2. The van der Waals surface area contributed by atoms with Crippen molar-refractivity contribution in [1.82, 2.24) is 15.6 Å². The van der Waals surface area contributed by atoms with Crippen LogP contribution in [0.3, 0.4) is 0 Å². The molecule has 164 valence electrons. The summed E-state index contributed by atoms with van der Waals surface area (Å²) in [7, 11) is 1.89. The van der Waals surface area contributed by atoms with Crippen LogP contribution in [-0.4, -0.2) is 41.4 Å². The zero-order valence-corrected chi connectivity index (χ0v) is 18.4. The molecule has 0 aliphatic carbocycles. The molecule has 1 aromatic heterocycles. The van der Waals surface area contributed by atoms with E-state index in [1.54, 1.807) is 11.7 Å². The molecule has 0 aliphatic heterocycles. The van der Waals surface area contributed by atoms with Gasteiger partial charge in [-0.3, -0.25) is 4.98 Å². The summed E-state index contributed by atoms with van der Waals surface area (Å²) in [6, 6.07) is 19.6. The highest BCUT2D eigenvalue weighted by Gasteiger charge is 2.25. The van der Waals surface area contributed by atoms with Crippen LogP contribution in [0.2, 0.25) is 0 Å². The van der Waals surface area contributed by atoms with E-state index in [9.17, 15) is 9.90 Å². The van der Waals surface area contributed by atoms with Crippen molar-refractivity contribution in [3.8, 4) is 0 Å². The Bertz CT molecular complexity index is 891. The van der Waals surface area contributed by atoms with Crippen LogP contribution in [0.25, 0.3) is 0 Å². The molecule has 31 heavy (non-hydrogen) atoms. The highest BCUT2D eigenvalue weighted by Crippen LogP contribution is 2.14. The summed E-state index contributed by atoms with van der Waals surface area (Å²) in [5.74, 6) is 0. The highest BCUT2D eigenvalue weighted by atomic mass is 32.1. The Morgan fingerprint density at radius 2 is 1.71 bits per heavy atom. The average molecular weight is 440 g/mol. The van der Waals surface area contributed by atoms with Gasteiger partial charge >= 0.3 is 6.09 Å². The Kier molecular flexibility index (Phi) is 9.02. The maximum absolute atomic E-state index is 12.4. The van der Waals surface area contributed by atoms with E-state index < -0.39 is 18.2 Å². The molecular weight excluding hydrogens is 410 g/mol. The van der Waals surface area contributed by atoms with Crippen molar-refractivity contribution < 1.29 is 14.6 Å². The molecule has 3 N–H and O–H groups in total. The highest BCUT2D eigenvalue weighted by molar-refractivity contribution is 7.09. The van der Waals surface area contributed by atoms with Gasteiger partial charge in [0, 0.05) is 12.2 Å². The van der Waals surface area contributed by atoms with Crippen molar-refractivity contribution in [2.24, 2.45) is 0 Å².